The number of nitrogens with zero attached hydrogens (tertiary/aromatic N) is 1. The summed E-state index contributed by atoms with van der Waals surface area (Å²) in [4.78, 5) is 14.7. The molecular formula is C25H41NO5Si. The quantitative estimate of drug-likeness (QED) is 0.456. The molecule has 0 aromatic heterocycles. The van der Waals surface area contributed by atoms with Gasteiger partial charge in [0.25, 0.3) is 0 Å². The minimum Gasteiger partial charge on any atom is -0.496 e. The Morgan fingerprint density at radius 1 is 1.22 bits per heavy atom. The molecule has 0 saturated carbocycles. The third-order valence-corrected chi connectivity index (χ3v) is 10.7. The summed E-state index contributed by atoms with van der Waals surface area (Å²) >= 11 is 0. The van der Waals surface area contributed by atoms with Crippen LogP contribution in [0.3, 0.4) is 0 Å². The van der Waals surface area contributed by atoms with E-state index >= 15 is 0 Å². The second-order valence-corrected chi connectivity index (χ2v) is 15.7. The first kappa shape index (κ1) is 26.3. The van der Waals surface area contributed by atoms with Crippen molar-refractivity contribution in [2.45, 2.75) is 83.8 Å². The van der Waals surface area contributed by atoms with E-state index in [-0.39, 0.29) is 23.3 Å². The lowest BCUT2D eigenvalue weighted by molar-refractivity contribution is 0.0100. The zero-order valence-electron chi connectivity index (χ0n) is 21.3. The number of carbonyl (C=O) groups excluding carboxylic acids is 1. The molecule has 0 N–H and O–H groups in total. The normalized spacial score (nSPS) is 19.6. The molecule has 1 aromatic carbocycles. The first-order valence-corrected chi connectivity index (χ1v) is 14.2. The van der Waals surface area contributed by atoms with Gasteiger partial charge in [-0.25, -0.2) is 4.79 Å². The molecule has 0 unspecified atom stereocenters. The van der Waals surface area contributed by atoms with Crippen LogP contribution in [0.1, 0.15) is 53.5 Å². The molecule has 180 valence electrons. The Morgan fingerprint density at radius 3 is 2.41 bits per heavy atom. The van der Waals surface area contributed by atoms with Gasteiger partial charge in [0.05, 0.1) is 19.8 Å². The number of hydrogen-bond donors (Lipinski definition) is 0. The Labute approximate surface area is 195 Å². The maximum atomic E-state index is 12.9. The van der Waals surface area contributed by atoms with Crippen LogP contribution in [-0.2, 0) is 9.16 Å². The highest BCUT2D eigenvalue weighted by Crippen LogP contribution is 2.37. The summed E-state index contributed by atoms with van der Waals surface area (Å²) in [5.41, 5.74) is 0.302. The second-order valence-electron chi connectivity index (χ2n) is 10.9. The molecule has 1 aromatic rings. The maximum absolute atomic E-state index is 12.9. The third-order valence-electron chi connectivity index (χ3n) is 6.24. The van der Waals surface area contributed by atoms with Crippen LogP contribution in [0.4, 0.5) is 4.79 Å². The molecule has 7 heteroatoms. The summed E-state index contributed by atoms with van der Waals surface area (Å²) in [6.45, 7) is 21.5. The van der Waals surface area contributed by atoms with Crippen LogP contribution in [0, 0.1) is 0 Å². The second kappa shape index (κ2) is 9.87. The Morgan fingerprint density at radius 2 is 1.88 bits per heavy atom. The van der Waals surface area contributed by atoms with Crippen LogP contribution in [0.5, 0.6) is 11.5 Å². The first-order valence-electron chi connectivity index (χ1n) is 11.3. The van der Waals surface area contributed by atoms with E-state index in [0.29, 0.717) is 25.3 Å². The Kier molecular flexibility index (Phi) is 8.10. The van der Waals surface area contributed by atoms with Crippen LogP contribution >= 0.6 is 0 Å². The molecule has 6 nitrogen and oxygen atoms in total. The van der Waals surface area contributed by atoms with E-state index in [2.05, 4.69) is 40.4 Å². The zero-order valence-corrected chi connectivity index (χ0v) is 22.3. The van der Waals surface area contributed by atoms with Crippen LogP contribution in [-0.4, -0.2) is 57.3 Å². The number of methoxy groups -OCH3 is 1. The molecule has 0 spiro atoms. The molecular weight excluding hydrogens is 422 g/mol. The van der Waals surface area contributed by atoms with E-state index in [1.165, 1.54) is 0 Å². The average molecular weight is 464 g/mol. The van der Waals surface area contributed by atoms with Gasteiger partial charge in [-0.3, -0.25) is 4.90 Å². The summed E-state index contributed by atoms with van der Waals surface area (Å²) in [5.74, 6) is 1.46. The van der Waals surface area contributed by atoms with Crippen LogP contribution in [0.15, 0.2) is 24.8 Å². The van der Waals surface area contributed by atoms with Gasteiger partial charge in [-0.15, -0.1) is 0 Å². The van der Waals surface area contributed by atoms with Gasteiger partial charge in [-0.1, -0.05) is 33.4 Å². The Hall–Kier alpha value is -1.99. The van der Waals surface area contributed by atoms with Gasteiger partial charge in [0.2, 0.25) is 0 Å². The van der Waals surface area contributed by atoms with E-state index in [1.807, 2.05) is 39.0 Å². The van der Waals surface area contributed by atoms with Crippen molar-refractivity contribution in [3.63, 3.8) is 0 Å². The fourth-order valence-corrected chi connectivity index (χ4v) is 4.36. The van der Waals surface area contributed by atoms with E-state index in [0.717, 1.165) is 11.3 Å². The van der Waals surface area contributed by atoms with Gasteiger partial charge in [0.1, 0.15) is 23.2 Å². The van der Waals surface area contributed by atoms with Gasteiger partial charge in [-0.2, -0.15) is 0 Å². The fraction of sp³-hybridized carbons (Fsp3) is 0.640. The lowest BCUT2D eigenvalue weighted by atomic mass is 10.1. The highest BCUT2D eigenvalue weighted by atomic mass is 28.4. The molecule has 1 heterocycles. The van der Waals surface area contributed by atoms with Crippen molar-refractivity contribution in [1.29, 1.82) is 0 Å². The largest absolute Gasteiger partial charge is 0.496 e. The van der Waals surface area contributed by atoms with Crippen molar-refractivity contribution < 1.29 is 23.4 Å². The van der Waals surface area contributed by atoms with Crippen molar-refractivity contribution in [2.24, 2.45) is 0 Å². The van der Waals surface area contributed by atoms with Crippen molar-refractivity contribution in [1.82, 2.24) is 4.90 Å². The van der Waals surface area contributed by atoms with Gasteiger partial charge >= 0.3 is 6.09 Å². The predicted octanol–water partition coefficient (Wildman–Crippen LogP) is 6.12. The van der Waals surface area contributed by atoms with E-state index in [4.69, 9.17) is 18.6 Å². The summed E-state index contributed by atoms with van der Waals surface area (Å²) in [6, 6.07) is 5.43. The monoisotopic (exact) mass is 463 g/mol. The average Bonchev–Trinajstić information content (AvgIpc) is 3.06. The molecule has 1 saturated heterocycles. The van der Waals surface area contributed by atoms with E-state index < -0.39 is 13.9 Å². The van der Waals surface area contributed by atoms with Crippen molar-refractivity contribution in [3.8, 4) is 11.5 Å². The van der Waals surface area contributed by atoms with Crippen LogP contribution in [0.25, 0.3) is 6.08 Å². The van der Waals surface area contributed by atoms with Gasteiger partial charge in [-0.05, 0) is 57.1 Å². The number of carbonyl (C=O) groups is 1. The van der Waals surface area contributed by atoms with Gasteiger partial charge in [0, 0.05) is 18.5 Å². The van der Waals surface area contributed by atoms with E-state index in [1.54, 1.807) is 18.1 Å². The summed E-state index contributed by atoms with van der Waals surface area (Å²) in [6.07, 6.45) is 1.93. The molecule has 1 amide bonds. The molecule has 1 aliphatic rings. The predicted molar refractivity (Wildman–Crippen MR) is 132 cm³/mol. The number of hydrogen-bond acceptors (Lipinski definition) is 5. The molecule has 32 heavy (non-hydrogen) atoms. The Bertz CT molecular complexity index is 810. The molecule has 0 radical (unpaired) electrons. The lowest BCUT2D eigenvalue weighted by Gasteiger charge is -2.38. The summed E-state index contributed by atoms with van der Waals surface area (Å²) in [7, 11) is -0.365. The standard InChI is InChI=1S/C25H41NO5Si/c1-11-18-16-19(12-13-21(18)28-8)30-22-14-15-26(23(27)31-24(2,3)4)20(22)17-29-32(9,10)25(5,6)7/h11-13,16,20,22H,1,14-15,17H2,2-10H3/t20-,22+/m1/s1. The smallest absolute Gasteiger partial charge is 0.410 e. The maximum Gasteiger partial charge on any atom is 0.410 e. The number of likely N-dealkylation sites (tertiary alicyclic amines) is 1. The summed E-state index contributed by atoms with van der Waals surface area (Å²) in [5, 5.41) is 0.0769. The minimum absolute atomic E-state index is 0.0769. The summed E-state index contributed by atoms with van der Waals surface area (Å²) < 4.78 is 23.9. The van der Waals surface area contributed by atoms with Crippen LogP contribution < -0.4 is 9.47 Å². The molecule has 2 atom stereocenters. The zero-order chi connectivity index (χ0) is 24.3. The van der Waals surface area contributed by atoms with Crippen LogP contribution in [0.2, 0.25) is 18.1 Å². The molecule has 1 fully saturated rings. The molecule has 0 aliphatic carbocycles. The number of amides is 1. The topological polar surface area (TPSA) is 57.2 Å². The van der Waals surface area contributed by atoms with Crippen molar-refractivity contribution in [3.05, 3.63) is 30.3 Å². The lowest BCUT2D eigenvalue weighted by Crippen LogP contribution is -2.50. The number of rotatable bonds is 7. The van der Waals surface area contributed by atoms with Crippen molar-refractivity contribution >= 4 is 20.5 Å². The molecule has 0 bridgehead atoms. The highest BCUT2D eigenvalue weighted by molar-refractivity contribution is 6.74. The number of benzene rings is 1. The Balaban J connectivity index is 2.26. The number of ether oxygens (including phenoxy) is 3. The molecule has 2 rings (SSSR count). The minimum atomic E-state index is -2.00. The first-order chi connectivity index (χ1) is 14.7. The highest BCUT2D eigenvalue weighted by Gasteiger charge is 2.44. The van der Waals surface area contributed by atoms with Crippen molar-refractivity contribution in [2.75, 3.05) is 20.3 Å². The third kappa shape index (κ3) is 6.51. The fourth-order valence-electron chi connectivity index (χ4n) is 3.34. The van der Waals surface area contributed by atoms with Gasteiger partial charge < -0.3 is 18.6 Å². The van der Waals surface area contributed by atoms with Gasteiger partial charge in [0.15, 0.2) is 8.32 Å². The SMILES string of the molecule is C=Cc1cc(O[C@H]2CCN(C(=O)OC(C)(C)C)[C@@H]2CO[Si](C)(C)C(C)(C)C)ccc1OC. The van der Waals surface area contributed by atoms with E-state index in [9.17, 15) is 4.79 Å². The molecule has 1 aliphatic heterocycles.